The number of pyridine rings is 1. The van der Waals surface area contributed by atoms with Crippen molar-refractivity contribution in [3.63, 3.8) is 0 Å². The van der Waals surface area contributed by atoms with E-state index in [1.54, 1.807) is 24.4 Å². The zero-order valence-corrected chi connectivity index (χ0v) is 10.7. The second-order valence-electron chi connectivity index (χ2n) is 3.75. The maximum Gasteiger partial charge on any atom is 0.307 e. The van der Waals surface area contributed by atoms with Crippen molar-refractivity contribution < 1.29 is 9.90 Å². The van der Waals surface area contributed by atoms with E-state index in [4.69, 9.17) is 28.3 Å². The van der Waals surface area contributed by atoms with Gasteiger partial charge in [-0.25, -0.2) is 4.98 Å². The molecule has 18 heavy (non-hydrogen) atoms. The van der Waals surface area contributed by atoms with Gasteiger partial charge in [0.05, 0.1) is 6.42 Å². The molecule has 1 heterocycles. The number of aromatic nitrogens is 1. The zero-order valence-electron chi connectivity index (χ0n) is 9.23. The van der Waals surface area contributed by atoms with Crippen molar-refractivity contribution in [2.24, 2.45) is 0 Å². The van der Waals surface area contributed by atoms with Crippen LogP contribution in [0.3, 0.4) is 0 Å². The van der Waals surface area contributed by atoms with Crippen LogP contribution in [0.4, 0.5) is 0 Å². The number of halogens is 2. The summed E-state index contributed by atoms with van der Waals surface area (Å²) in [5.74, 6) is -0.938. The summed E-state index contributed by atoms with van der Waals surface area (Å²) in [5.41, 5.74) is 2.22. The predicted octanol–water partition coefficient (Wildman–Crippen LogP) is 3.68. The highest BCUT2D eigenvalue weighted by atomic mass is 35.5. The van der Waals surface area contributed by atoms with E-state index in [0.717, 1.165) is 11.1 Å². The molecule has 1 aromatic heterocycles. The number of hydrogen-bond acceptors (Lipinski definition) is 2. The summed E-state index contributed by atoms with van der Waals surface area (Å²) in [4.78, 5) is 14.7. The standard InChI is InChI=1S/C13H9Cl2NO2/c14-11-3-1-8(2-4-11)10-5-9(6-12(17)18)13(15)16-7-10/h1-5,7H,6H2,(H,17,18). The molecule has 0 saturated carbocycles. The lowest BCUT2D eigenvalue weighted by Gasteiger charge is -2.05. The van der Waals surface area contributed by atoms with Gasteiger partial charge in [-0.05, 0) is 23.8 Å². The summed E-state index contributed by atoms with van der Waals surface area (Å²) >= 11 is 11.7. The molecule has 0 saturated heterocycles. The van der Waals surface area contributed by atoms with Crippen molar-refractivity contribution in [1.29, 1.82) is 0 Å². The third-order valence-electron chi connectivity index (χ3n) is 2.43. The summed E-state index contributed by atoms with van der Waals surface area (Å²) in [6.07, 6.45) is 1.46. The molecular weight excluding hydrogens is 273 g/mol. The first-order valence-corrected chi connectivity index (χ1v) is 5.94. The number of benzene rings is 1. The van der Waals surface area contributed by atoms with Crippen LogP contribution >= 0.6 is 23.2 Å². The molecule has 0 spiro atoms. The number of nitrogens with zero attached hydrogens (tertiary/aromatic N) is 1. The Morgan fingerprint density at radius 1 is 1.17 bits per heavy atom. The van der Waals surface area contributed by atoms with Gasteiger partial charge >= 0.3 is 5.97 Å². The number of hydrogen-bond donors (Lipinski definition) is 1. The SMILES string of the molecule is O=C(O)Cc1cc(-c2ccc(Cl)cc2)cnc1Cl. The van der Waals surface area contributed by atoms with E-state index < -0.39 is 5.97 Å². The van der Waals surface area contributed by atoms with Crippen LogP contribution in [0.15, 0.2) is 36.5 Å². The van der Waals surface area contributed by atoms with Crippen LogP contribution in [-0.4, -0.2) is 16.1 Å². The van der Waals surface area contributed by atoms with Crippen LogP contribution in [0.5, 0.6) is 0 Å². The lowest BCUT2D eigenvalue weighted by atomic mass is 10.1. The molecule has 92 valence electrons. The summed E-state index contributed by atoms with van der Waals surface area (Å²) < 4.78 is 0. The molecule has 2 rings (SSSR count). The number of rotatable bonds is 3. The van der Waals surface area contributed by atoms with E-state index in [2.05, 4.69) is 4.98 Å². The molecule has 1 aromatic carbocycles. The number of carbonyl (C=O) groups is 1. The molecule has 0 unspecified atom stereocenters. The van der Waals surface area contributed by atoms with Gasteiger partial charge in [-0.2, -0.15) is 0 Å². The topological polar surface area (TPSA) is 50.2 Å². The molecule has 0 atom stereocenters. The second-order valence-corrected chi connectivity index (χ2v) is 4.55. The van der Waals surface area contributed by atoms with Crippen LogP contribution in [0, 0.1) is 0 Å². The fourth-order valence-electron chi connectivity index (χ4n) is 1.58. The van der Waals surface area contributed by atoms with E-state index >= 15 is 0 Å². The minimum Gasteiger partial charge on any atom is -0.481 e. The highest BCUT2D eigenvalue weighted by Gasteiger charge is 2.08. The zero-order chi connectivity index (χ0) is 13.1. The number of aliphatic carboxylic acids is 1. The fourth-order valence-corrected chi connectivity index (χ4v) is 1.88. The second kappa shape index (κ2) is 5.38. The van der Waals surface area contributed by atoms with Crippen molar-refractivity contribution in [2.45, 2.75) is 6.42 Å². The van der Waals surface area contributed by atoms with Crippen LogP contribution < -0.4 is 0 Å². The molecule has 0 amide bonds. The highest BCUT2D eigenvalue weighted by Crippen LogP contribution is 2.24. The van der Waals surface area contributed by atoms with Crippen molar-refractivity contribution in [1.82, 2.24) is 4.98 Å². The molecule has 5 heteroatoms. The Hall–Kier alpha value is -1.58. The van der Waals surface area contributed by atoms with Gasteiger partial charge in [-0.3, -0.25) is 4.79 Å². The monoisotopic (exact) mass is 281 g/mol. The molecule has 0 radical (unpaired) electrons. The lowest BCUT2D eigenvalue weighted by molar-refractivity contribution is -0.136. The third-order valence-corrected chi connectivity index (χ3v) is 3.02. The maximum atomic E-state index is 10.7. The molecule has 0 aliphatic carbocycles. The quantitative estimate of drug-likeness (QED) is 0.873. The van der Waals surface area contributed by atoms with Crippen molar-refractivity contribution in [2.75, 3.05) is 0 Å². The van der Waals surface area contributed by atoms with Gasteiger partial charge in [-0.1, -0.05) is 35.3 Å². The molecule has 0 aliphatic heterocycles. The number of carboxylic acids is 1. The Balaban J connectivity index is 2.40. The Labute approximate surface area is 114 Å². The smallest absolute Gasteiger partial charge is 0.307 e. The summed E-state index contributed by atoms with van der Waals surface area (Å²) in [6.45, 7) is 0. The summed E-state index contributed by atoms with van der Waals surface area (Å²) in [6, 6.07) is 8.95. The van der Waals surface area contributed by atoms with E-state index in [1.165, 1.54) is 0 Å². The molecule has 0 bridgehead atoms. The van der Waals surface area contributed by atoms with Crippen LogP contribution in [-0.2, 0) is 11.2 Å². The Kier molecular flexibility index (Phi) is 3.84. The van der Waals surface area contributed by atoms with Gasteiger partial charge in [0, 0.05) is 22.3 Å². The van der Waals surface area contributed by atoms with Crippen LogP contribution in [0.1, 0.15) is 5.56 Å². The number of carboxylic acid groups (broad SMARTS) is 1. The molecule has 0 fully saturated rings. The molecule has 0 aliphatic rings. The Morgan fingerprint density at radius 3 is 2.44 bits per heavy atom. The summed E-state index contributed by atoms with van der Waals surface area (Å²) in [7, 11) is 0. The first kappa shape index (κ1) is 12.9. The van der Waals surface area contributed by atoms with E-state index in [-0.39, 0.29) is 11.6 Å². The van der Waals surface area contributed by atoms with Gasteiger partial charge < -0.3 is 5.11 Å². The van der Waals surface area contributed by atoms with E-state index in [9.17, 15) is 4.79 Å². The van der Waals surface area contributed by atoms with Gasteiger partial charge in [0.15, 0.2) is 0 Å². The molecule has 3 nitrogen and oxygen atoms in total. The lowest BCUT2D eigenvalue weighted by Crippen LogP contribution is -2.01. The van der Waals surface area contributed by atoms with Crippen molar-refractivity contribution in [3.05, 3.63) is 52.3 Å². The normalized spacial score (nSPS) is 10.3. The van der Waals surface area contributed by atoms with E-state index in [1.807, 2.05) is 12.1 Å². The average molecular weight is 282 g/mol. The first-order valence-electron chi connectivity index (χ1n) is 5.18. The van der Waals surface area contributed by atoms with E-state index in [0.29, 0.717) is 10.6 Å². The fraction of sp³-hybridized carbons (Fsp3) is 0.0769. The maximum absolute atomic E-state index is 10.7. The van der Waals surface area contributed by atoms with Crippen molar-refractivity contribution >= 4 is 29.2 Å². The molecule has 1 N–H and O–H groups in total. The third kappa shape index (κ3) is 3.00. The average Bonchev–Trinajstić information content (AvgIpc) is 2.32. The minimum absolute atomic E-state index is 0.146. The molecular formula is C13H9Cl2NO2. The largest absolute Gasteiger partial charge is 0.481 e. The summed E-state index contributed by atoms with van der Waals surface area (Å²) in [5, 5.41) is 9.65. The van der Waals surface area contributed by atoms with Crippen LogP contribution in [0.2, 0.25) is 10.2 Å². The Bertz CT molecular complexity index is 582. The van der Waals surface area contributed by atoms with Gasteiger partial charge in [-0.15, -0.1) is 0 Å². The minimum atomic E-state index is -0.938. The molecule has 2 aromatic rings. The van der Waals surface area contributed by atoms with Gasteiger partial charge in [0.25, 0.3) is 0 Å². The predicted molar refractivity (Wildman–Crippen MR) is 71.0 cm³/mol. The first-order chi connectivity index (χ1) is 8.56. The van der Waals surface area contributed by atoms with Gasteiger partial charge in [0.2, 0.25) is 0 Å². The highest BCUT2D eigenvalue weighted by molar-refractivity contribution is 6.30. The van der Waals surface area contributed by atoms with Crippen LogP contribution in [0.25, 0.3) is 11.1 Å². The Morgan fingerprint density at radius 2 is 1.83 bits per heavy atom. The van der Waals surface area contributed by atoms with Crippen molar-refractivity contribution in [3.8, 4) is 11.1 Å². The van der Waals surface area contributed by atoms with Gasteiger partial charge in [0.1, 0.15) is 5.15 Å².